The molecule has 5 nitrogen and oxygen atoms in total. The van der Waals surface area contributed by atoms with Crippen LogP contribution in [0.1, 0.15) is 32.0 Å². The zero-order chi connectivity index (χ0) is 14.7. The third-order valence-electron chi connectivity index (χ3n) is 3.91. The monoisotopic (exact) mass is 323 g/mol. The number of ether oxygens (including phenoxy) is 1. The van der Waals surface area contributed by atoms with Gasteiger partial charge in [0, 0.05) is 18.0 Å². The summed E-state index contributed by atoms with van der Waals surface area (Å²) in [4.78, 5) is 4.43. The molecule has 120 valence electrons. The second-order valence-corrected chi connectivity index (χ2v) is 5.60. The van der Waals surface area contributed by atoms with Gasteiger partial charge in [0.1, 0.15) is 5.75 Å². The van der Waals surface area contributed by atoms with Gasteiger partial charge in [0.05, 0.1) is 6.10 Å². The van der Waals surface area contributed by atoms with Crippen molar-refractivity contribution >= 4 is 12.4 Å². The van der Waals surface area contributed by atoms with E-state index < -0.39 is 0 Å². The Morgan fingerprint density at radius 3 is 2.64 bits per heavy atom. The van der Waals surface area contributed by atoms with Gasteiger partial charge in [-0.3, -0.25) is 0 Å². The molecular formula is C16H22ClN3O2. The van der Waals surface area contributed by atoms with Gasteiger partial charge in [-0.25, -0.2) is 0 Å². The van der Waals surface area contributed by atoms with Crippen molar-refractivity contribution in [1.82, 2.24) is 15.5 Å². The van der Waals surface area contributed by atoms with Gasteiger partial charge in [-0.05, 0) is 57.5 Å². The van der Waals surface area contributed by atoms with Crippen LogP contribution in [0.2, 0.25) is 0 Å². The van der Waals surface area contributed by atoms with Gasteiger partial charge >= 0.3 is 0 Å². The number of halogens is 1. The molecule has 1 N–H and O–H groups in total. The van der Waals surface area contributed by atoms with Crippen LogP contribution in [0.25, 0.3) is 11.5 Å². The van der Waals surface area contributed by atoms with Crippen LogP contribution in [0, 0.1) is 0 Å². The van der Waals surface area contributed by atoms with Crippen LogP contribution >= 0.6 is 12.4 Å². The summed E-state index contributed by atoms with van der Waals surface area (Å²) in [5.41, 5.74) is 0.923. The third-order valence-corrected chi connectivity index (χ3v) is 3.91. The van der Waals surface area contributed by atoms with Crippen LogP contribution in [-0.2, 0) is 6.42 Å². The van der Waals surface area contributed by atoms with E-state index in [2.05, 4.69) is 22.4 Å². The number of nitrogens with one attached hydrogen (secondary N) is 1. The van der Waals surface area contributed by atoms with E-state index in [0.717, 1.165) is 23.6 Å². The number of hydrogen-bond donors (Lipinski definition) is 1. The van der Waals surface area contributed by atoms with E-state index >= 15 is 0 Å². The van der Waals surface area contributed by atoms with E-state index in [-0.39, 0.29) is 12.4 Å². The molecule has 22 heavy (non-hydrogen) atoms. The van der Waals surface area contributed by atoms with Gasteiger partial charge in [-0.1, -0.05) is 5.16 Å². The fourth-order valence-electron chi connectivity index (χ4n) is 2.19. The molecule has 0 amide bonds. The van der Waals surface area contributed by atoms with Crippen molar-refractivity contribution in [3.05, 3.63) is 30.1 Å². The molecule has 3 rings (SSSR count). The second kappa shape index (κ2) is 7.61. The van der Waals surface area contributed by atoms with Crippen LogP contribution in [0.3, 0.4) is 0 Å². The topological polar surface area (TPSA) is 60.2 Å². The Morgan fingerprint density at radius 1 is 1.32 bits per heavy atom. The van der Waals surface area contributed by atoms with Crippen LogP contribution in [-0.4, -0.2) is 29.3 Å². The maximum atomic E-state index is 5.84. The predicted molar refractivity (Wildman–Crippen MR) is 87.5 cm³/mol. The van der Waals surface area contributed by atoms with Crippen LogP contribution in [0.5, 0.6) is 5.75 Å². The molecule has 1 atom stereocenters. The standard InChI is InChI=1S/C16H21N3O2.ClH/c1-11(17-2)10-15-18-16(21-19-15)12-6-8-14(9-7-12)20-13-4-3-5-13;/h6-9,11,13,17H,3-5,10H2,1-2H3;1H. The van der Waals surface area contributed by atoms with E-state index in [1.165, 1.54) is 19.3 Å². The number of hydrogen-bond acceptors (Lipinski definition) is 5. The highest BCUT2D eigenvalue weighted by atomic mass is 35.5. The van der Waals surface area contributed by atoms with Crippen molar-refractivity contribution in [3.63, 3.8) is 0 Å². The highest BCUT2D eigenvalue weighted by molar-refractivity contribution is 5.85. The Bertz CT molecular complexity index is 581. The second-order valence-electron chi connectivity index (χ2n) is 5.60. The molecule has 1 saturated carbocycles. The van der Waals surface area contributed by atoms with E-state index in [1.807, 2.05) is 31.3 Å². The first-order valence-corrected chi connectivity index (χ1v) is 7.51. The highest BCUT2D eigenvalue weighted by Crippen LogP contribution is 2.27. The molecule has 0 bridgehead atoms. The Hall–Kier alpha value is -1.59. The highest BCUT2D eigenvalue weighted by Gasteiger charge is 2.19. The van der Waals surface area contributed by atoms with Crippen molar-refractivity contribution in [1.29, 1.82) is 0 Å². The summed E-state index contributed by atoms with van der Waals surface area (Å²) in [6.45, 7) is 2.09. The Morgan fingerprint density at radius 2 is 2.05 bits per heavy atom. The van der Waals surface area contributed by atoms with Gasteiger partial charge in [0.2, 0.25) is 0 Å². The zero-order valence-electron chi connectivity index (χ0n) is 12.9. The summed E-state index contributed by atoms with van der Waals surface area (Å²) in [5, 5.41) is 7.18. The molecule has 1 aliphatic rings. The molecular weight excluding hydrogens is 302 g/mol. The molecule has 6 heteroatoms. The van der Waals surface area contributed by atoms with Gasteiger partial charge in [-0.2, -0.15) is 4.98 Å². The van der Waals surface area contributed by atoms with E-state index in [0.29, 0.717) is 18.0 Å². The van der Waals surface area contributed by atoms with Gasteiger partial charge in [0.15, 0.2) is 5.82 Å². The molecule has 0 spiro atoms. The maximum Gasteiger partial charge on any atom is 0.257 e. The molecule has 1 aromatic carbocycles. The summed E-state index contributed by atoms with van der Waals surface area (Å²) in [6.07, 6.45) is 4.76. The first kappa shape index (κ1) is 16.8. The summed E-state index contributed by atoms with van der Waals surface area (Å²) in [7, 11) is 1.92. The first-order chi connectivity index (χ1) is 10.2. The van der Waals surface area contributed by atoms with Crippen LogP contribution < -0.4 is 10.1 Å². The van der Waals surface area contributed by atoms with Gasteiger partial charge in [-0.15, -0.1) is 12.4 Å². The van der Waals surface area contributed by atoms with E-state index in [9.17, 15) is 0 Å². The molecule has 1 aliphatic carbocycles. The molecule has 1 fully saturated rings. The lowest BCUT2D eigenvalue weighted by Gasteiger charge is -2.26. The molecule has 2 aromatic rings. The van der Waals surface area contributed by atoms with Gasteiger partial charge in [0.25, 0.3) is 5.89 Å². The number of likely N-dealkylation sites (N-methyl/N-ethyl adjacent to an activating group) is 1. The summed E-state index contributed by atoms with van der Waals surface area (Å²) in [6, 6.07) is 8.19. The van der Waals surface area contributed by atoms with E-state index in [4.69, 9.17) is 9.26 Å². The number of aromatic nitrogens is 2. The SMILES string of the molecule is CNC(C)Cc1noc(-c2ccc(OC3CCC3)cc2)n1.Cl. The van der Waals surface area contributed by atoms with E-state index in [1.54, 1.807) is 0 Å². The van der Waals surface area contributed by atoms with Crippen molar-refractivity contribution in [2.45, 2.75) is 44.8 Å². The lowest BCUT2D eigenvalue weighted by Crippen LogP contribution is -2.24. The average molecular weight is 324 g/mol. The fourth-order valence-corrected chi connectivity index (χ4v) is 2.19. The molecule has 0 saturated heterocycles. The maximum absolute atomic E-state index is 5.84. The van der Waals surface area contributed by atoms with Crippen molar-refractivity contribution in [3.8, 4) is 17.2 Å². The number of benzene rings is 1. The summed E-state index contributed by atoms with van der Waals surface area (Å²) in [5.74, 6) is 2.19. The summed E-state index contributed by atoms with van der Waals surface area (Å²) < 4.78 is 11.2. The molecule has 1 heterocycles. The molecule has 0 radical (unpaired) electrons. The van der Waals surface area contributed by atoms with Crippen molar-refractivity contribution in [2.75, 3.05) is 7.05 Å². The summed E-state index contributed by atoms with van der Waals surface area (Å²) >= 11 is 0. The number of rotatable bonds is 6. The van der Waals surface area contributed by atoms with Crippen LogP contribution in [0.4, 0.5) is 0 Å². The van der Waals surface area contributed by atoms with Gasteiger partial charge < -0.3 is 14.6 Å². The quantitative estimate of drug-likeness (QED) is 0.884. The predicted octanol–water partition coefficient (Wildman–Crippen LogP) is 3.24. The fraction of sp³-hybridized carbons (Fsp3) is 0.500. The van der Waals surface area contributed by atoms with Crippen LogP contribution in [0.15, 0.2) is 28.8 Å². The Labute approximate surface area is 136 Å². The Kier molecular flexibility index (Phi) is 5.80. The first-order valence-electron chi connectivity index (χ1n) is 7.51. The lowest BCUT2D eigenvalue weighted by atomic mass is 9.96. The normalized spacial score (nSPS) is 15.7. The molecule has 0 aliphatic heterocycles. The Balaban J connectivity index is 0.00000176. The number of nitrogens with zero attached hydrogens (tertiary/aromatic N) is 2. The molecule has 1 aromatic heterocycles. The molecule has 1 unspecified atom stereocenters. The van der Waals surface area contributed by atoms with Crippen molar-refractivity contribution in [2.24, 2.45) is 0 Å². The third kappa shape index (κ3) is 3.99. The van der Waals surface area contributed by atoms with Crippen molar-refractivity contribution < 1.29 is 9.26 Å². The smallest absolute Gasteiger partial charge is 0.257 e. The lowest BCUT2D eigenvalue weighted by molar-refractivity contribution is 0.120. The average Bonchev–Trinajstić information content (AvgIpc) is 2.92. The zero-order valence-corrected chi connectivity index (χ0v) is 13.7. The minimum atomic E-state index is 0. The largest absolute Gasteiger partial charge is 0.490 e. The minimum Gasteiger partial charge on any atom is -0.490 e. The minimum absolute atomic E-state index is 0.